The minimum absolute atomic E-state index is 0.196. The molecule has 0 N–H and O–H groups in total. The van der Waals surface area contributed by atoms with Crippen molar-refractivity contribution < 1.29 is 0 Å². The molecule has 1 aromatic carbocycles. The summed E-state index contributed by atoms with van der Waals surface area (Å²) in [5.74, 6) is 0. The zero-order valence-electron chi connectivity index (χ0n) is 8.25. The summed E-state index contributed by atoms with van der Waals surface area (Å²) in [4.78, 5) is 4.48. The second-order valence-electron chi connectivity index (χ2n) is 3.92. The van der Waals surface area contributed by atoms with Crippen LogP contribution < -0.4 is 0 Å². The third-order valence-electron chi connectivity index (χ3n) is 3.17. The van der Waals surface area contributed by atoms with Gasteiger partial charge in [0.05, 0.1) is 0 Å². The maximum atomic E-state index is 4.48. The van der Waals surface area contributed by atoms with Gasteiger partial charge in [-0.05, 0) is 18.9 Å². The van der Waals surface area contributed by atoms with E-state index in [-0.39, 0.29) is 5.41 Å². The first-order chi connectivity index (χ1) is 6.23. The smallest absolute Gasteiger partial charge is 0.0401 e. The summed E-state index contributed by atoms with van der Waals surface area (Å²) in [6.07, 6.45) is 1.16. The molecule has 1 unspecified atom stereocenters. The summed E-state index contributed by atoms with van der Waals surface area (Å²) in [5.41, 5.74) is 2.87. The molecule has 13 heavy (non-hydrogen) atoms. The number of hydrogen-bond acceptors (Lipinski definition) is 1. The number of aliphatic imine (C=N–C) groups is 1. The molecule has 1 atom stereocenters. The van der Waals surface area contributed by atoms with Crippen molar-refractivity contribution in [2.75, 3.05) is 6.54 Å². The van der Waals surface area contributed by atoms with Gasteiger partial charge in [-0.2, -0.15) is 0 Å². The van der Waals surface area contributed by atoms with E-state index in [0.29, 0.717) is 0 Å². The Morgan fingerprint density at radius 3 is 2.46 bits per heavy atom. The van der Waals surface area contributed by atoms with Gasteiger partial charge in [0.25, 0.3) is 0 Å². The molecule has 1 heteroatoms. The van der Waals surface area contributed by atoms with E-state index in [2.05, 4.69) is 49.2 Å². The highest BCUT2D eigenvalue weighted by Gasteiger charge is 2.32. The highest BCUT2D eigenvalue weighted by molar-refractivity contribution is 5.94. The zero-order valence-corrected chi connectivity index (χ0v) is 8.25. The molecule has 0 saturated carbocycles. The first-order valence-electron chi connectivity index (χ1n) is 4.80. The molecule has 0 aliphatic carbocycles. The van der Waals surface area contributed by atoms with Crippen molar-refractivity contribution in [3.8, 4) is 0 Å². The Morgan fingerprint density at radius 2 is 1.92 bits per heavy atom. The van der Waals surface area contributed by atoms with E-state index in [4.69, 9.17) is 0 Å². The third-order valence-corrected chi connectivity index (χ3v) is 3.17. The summed E-state index contributed by atoms with van der Waals surface area (Å²) in [5, 5.41) is 0. The molecule has 0 bridgehead atoms. The van der Waals surface area contributed by atoms with E-state index in [1.54, 1.807) is 0 Å². The molecule has 1 nitrogen and oxygen atoms in total. The van der Waals surface area contributed by atoms with Gasteiger partial charge in [-0.25, -0.2) is 0 Å². The van der Waals surface area contributed by atoms with E-state index >= 15 is 0 Å². The van der Waals surface area contributed by atoms with Crippen molar-refractivity contribution in [3.05, 3.63) is 35.9 Å². The molecular formula is C12H15N. The van der Waals surface area contributed by atoms with Gasteiger partial charge in [0.2, 0.25) is 0 Å². The highest BCUT2D eigenvalue weighted by Crippen LogP contribution is 2.33. The van der Waals surface area contributed by atoms with Crippen LogP contribution in [0.2, 0.25) is 0 Å². The largest absolute Gasteiger partial charge is 0.293 e. The predicted molar refractivity (Wildman–Crippen MR) is 56.4 cm³/mol. The second kappa shape index (κ2) is 2.99. The van der Waals surface area contributed by atoms with Crippen LogP contribution >= 0.6 is 0 Å². The average molecular weight is 173 g/mol. The van der Waals surface area contributed by atoms with E-state index in [0.717, 1.165) is 13.0 Å². The van der Waals surface area contributed by atoms with Gasteiger partial charge >= 0.3 is 0 Å². The summed E-state index contributed by atoms with van der Waals surface area (Å²) in [6, 6.07) is 10.7. The van der Waals surface area contributed by atoms with Crippen LogP contribution in [-0.2, 0) is 5.41 Å². The first kappa shape index (κ1) is 8.49. The van der Waals surface area contributed by atoms with Crippen molar-refractivity contribution in [2.45, 2.75) is 25.7 Å². The van der Waals surface area contributed by atoms with Crippen LogP contribution in [0.15, 0.2) is 35.3 Å². The zero-order chi connectivity index (χ0) is 9.31. The minimum Gasteiger partial charge on any atom is -0.293 e. The first-order valence-corrected chi connectivity index (χ1v) is 4.80. The monoisotopic (exact) mass is 173 g/mol. The van der Waals surface area contributed by atoms with Crippen LogP contribution in [0.4, 0.5) is 0 Å². The molecule has 1 aliphatic heterocycles. The molecule has 1 aliphatic rings. The van der Waals surface area contributed by atoms with Crippen LogP contribution in [0.3, 0.4) is 0 Å². The second-order valence-corrected chi connectivity index (χ2v) is 3.92. The highest BCUT2D eigenvalue weighted by atomic mass is 14.8. The topological polar surface area (TPSA) is 12.4 Å². The van der Waals surface area contributed by atoms with Gasteiger partial charge < -0.3 is 0 Å². The Labute approximate surface area is 79.5 Å². The van der Waals surface area contributed by atoms with Gasteiger partial charge in [-0.3, -0.25) is 4.99 Å². The summed E-state index contributed by atoms with van der Waals surface area (Å²) < 4.78 is 0. The van der Waals surface area contributed by atoms with E-state index in [1.165, 1.54) is 11.3 Å². The fraction of sp³-hybridized carbons (Fsp3) is 0.417. The Morgan fingerprint density at radius 1 is 1.23 bits per heavy atom. The maximum absolute atomic E-state index is 4.48. The fourth-order valence-electron chi connectivity index (χ4n) is 1.96. The van der Waals surface area contributed by atoms with Crippen molar-refractivity contribution in [1.82, 2.24) is 0 Å². The molecule has 1 heterocycles. The summed E-state index contributed by atoms with van der Waals surface area (Å²) in [7, 11) is 0. The Kier molecular flexibility index (Phi) is 1.95. The standard InChI is InChI=1S/C12H15N/c1-10-12(2,8-9-13-10)11-6-4-3-5-7-11/h3-7H,8-9H2,1-2H3. The summed E-state index contributed by atoms with van der Waals surface area (Å²) in [6.45, 7) is 5.41. The normalized spacial score (nSPS) is 27.4. The number of rotatable bonds is 1. The molecule has 0 amide bonds. The molecule has 0 spiro atoms. The fourth-order valence-corrected chi connectivity index (χ4v) is 1.96. The van der Waals surface area contributed by atoms with Crippen LogP contribution in [0.1, 0.15) is 25.8 Å². The molecule has 1 aromatic rings. The van der Waals surface area contributed by atoms with Crippen molar-refractivity contribution in [2.24, 2.45) is 4.99 Å². The number of hydrogen-bond donors (Lipinski definition) is 0. The summed E-state index contributed by atoms with van der Waals surface area (Å²) >= 11 is 0. The molecular weight excluding hydrogens is 158 g/mol. The van der Waals surface area contributed by atoms with Crippen molar-refractivity contribution in [1.29, 1.82) is 0 Å². The third kappa shape index (κ3) is 1.28. The van der Waals surface area contributed by atoms with E-state index < -0.39 is 0 Å². The molecule has 2 rings (SSSR count). The van der Waals surface area contributed by atoms with Gasteiger partial charge in [0.1, 0.15) is 0 Å². The van der Waals surface area contributed by atoms with Gasteiger partial charge in [0.15, 0.2) is 0 Å². The molecule has 0 fully saturated rings. The maximum Gasteiger partial charge on any atom is 0.0401 e. The number of benzene rings is 1. The van der Waals surface area contributed by atoms with E-state index in [9.17, 15) is 0 Å². The van der Waals surface area contributed by atoms with Gasteiger partial charge in [-0.1, -0.05) is 37.3 Å². The molecule has 0 radical (unpaired) electrons. The lowest BCUT2D eigenvalue weighted by molar-refractivity contribution is 0.626. The lowest BCUT2D eigenvalue weighted by Crippen LogP contribution is -2.26. The van der Waals surface area contributed by atoms with Crippen LogP contribution in [0.5, 0.6) is 0 Å². The average Bonchev–Trinajstić information content (AvgIpc) is 2.50. The van der Waals surface area contributed by atoms with Crippen LogP contribution in [-0.4, -0.2) is 12.3 Å². The van der Waals surface area contributed by atoms with Crippen LogP contribution in [0, 0.1) is 0 Å². The molecule has 0 aromatic heterocycles. The quantitative estimate of drug-likeness (QED) is 0.619. The molecule has 68 valence electrons. The Bertz CT molecular complexity index is 326. The predicted octanol–water partition coefficient (Wildman–Crippen LogP) is 2.81. The lowest BCUT2D eigenvalue weighted by Gasteiger charge is -2.24. The lowest BCUT2D eigenvalue weighted by atomic mass is 9.78. The Balaban J connectivity index is 2.41. The SMILES string of the molecule is CC1=NCCC1(C)c1ccccc1. The van der Waals surface area contributed by atoms with Crippen molar-refractivity contribution >= 4 is 5.71 Å². The molecule has 0 saturated heterocycles. The van der Waals surface area contributed by atoms with Crippen molar-refractivity contribution in [3.63, 3.8) is 0 Å². The number of nitrogens with zero attached hydrogens (tertiary/aromatic N) is 1. The van der Waals surface area contributed by atoms with E-state index in [1.807, 2.05) is 0 Å². The minimum atomic E-state index is 0.196. The van der Waals surface area contributed by atoms with Crippen LogP contribution in [0.25, 0.3) is 0 Å². The Hall–Kier alpha value is -1.11. The van der Waals surface area contributed by atoms with Gasteiger partial charge in [-0.15, -0.1) is 0 Å². The van der Waals surface area contributed by atoms with Gasteiger partial charge in [0, 0.05) is 17.7 Å².